The van der Waals surface area contributed by atoms with Gasteiger partial charge in [0.2, 0.25) is 0 Å². The molecule has 0 N–H and O–H groups in total. The molecule has 2 nitrogen and oxygen atoms in total. The van der Waals surface area contributed by atoms with E-state index in [1.807, 2.05) is 23.9 Å². The zero-order chi connectivity index (χ0) is 23.8. The van der Waals surface area contributed by atoms with E-state index in [1.165, 1.54) is 53.9 Å². The molecule has 0 fully saturated rings. The molecule has 0 atom stereocenters. The minimum atomic E-state index is 0.752. The first-order valence-electron chi connectivity index (χ1n) is 12.0. The molecule has 0 unspecified atom stereocenters. The third kappa shape index (κ3) is 2.76. The highest BCUT2D eigenvalue weighted by atomic mass is 35.5. The summed E-state index contributed by atoms with van der Waals surface area (Å²) in [6.07, 6.45) is 0. The van der Waals surface area contributed by atoms with Gasteiger partial charge in [0.15, 0.2) is 0 Å². The lowest BCUT2D eigenvalue weighted by atomic mass is 10.0. The van der Waals surface area contributed by atoms with Gasteiger partial charge in [0.1, 0.15) is 5.65 Å². The number of benzene rings is 5. The molecule has 2 aromatic heterocycles. The van der Waals surface area contributed by atoms with Gasteiger partial charge in [0, 0.05) is 36.7 Å². The molecule has 0 saturated heterocycles. The second kappa shape index (κ2) is 7.54. The molecule has 3 heterocycles. The lowest BCUT2D eigenvalue weighted by Gasteiger charge is -2.22. The van der Waals surface area contributed by atoms with Crippen LogP contribution in [0.5, 0.6) is 0 Å². The zero-order valence-corrected chi connectivity index (χ0v) is 20.7. The number of hydrogen-bond acceptors (Lipinski definition) is 1. The van der Waals surface area contributed by atoms with Crippen LogP contribution in [-0.4, -0.2) is 9.13 Å². The molecule has 0 saturated carbocycles. The second-order valence-corrected chi connectivity index (χ2v) is 10.7. The topological polar surface area (TPSA) is 9.86 Å². The van der Waals surface area contributed by atoms with Gasteiger partial charge in [-0.25, -0.2) is 0 Å². The SMILES string of the molecule is Clc1ccc(-c2ccc3c(c2)-n2c4c(cccc4c4c5ccccc5n(-c5ccccc5)c42)S3)cc1. The molecular formula is C32H19ClN2S. The summed E-state index contributed by atoms with van der Waals surface area (Å²) in [4.78, 5) is 2.55. The molecule has 170 valence electrons. The number of fused-ring (bicyclic) bond motifs is 7. The number of aromatic nitrogens is 2. The van der Waals surface area contributed by atoms with Crippen LogP contribution in [0.25, 0.3) is 55.3 Å². The molecule has 7 aromatic rings. The molecule has 1 aliphatic heterocycles. The number of nitrogens with zero attached hydrogens (tertiary/aromatic N) is 2. The molecule has 0 bridgehead atoms. The fourth-order valence-corrected chi connectivity index (χ4v) is 6.84. The number of halogens is 1. The standard InChI is InChI=1S/C32H19ClN2S/c33-22-16-13-20(14-17-22)21-15-18-28-27(19-21)35-31-25(10-6-12-29(31)36-28)30-24-9-4-5-11-26(24)34(32(30)35)23-7-2-1-3-8-23/h1-19H. The van der Waals surface area contributed by atoms with Crippen molar-refractivity contribution in [3.8, 4) is 22.5 Å². The van der Waals surface area contributed by atoms with Crippen LogP contribution in [0.3, 0.4) is 0 Å². The molecule has 4 heteroatoms. The van der Waals surface area contributed by atoms with Crippen LogP contribution in [-0.2, 0) is 0 Å². The summed E-state index contributed by atoms with van der Waals surface area (Å²) >= 11 is 8.04. The predicted octanol–water partition coefficient (Wildman–Crippen LogP) is 9.51. The van der Waals surface area contributed by atoms with Crippen molar-refractivity contribution in [2.75, 3.05) is 0 Å². The van der Waals surface area contributed by atoms with Crippen molar-refractivity contribution < 1.29 is 0 Å². The van der Waals surface area contributed by atoms with Gasteiger partial charge in [-0.2, -0.15) is 0 Å². The first kappa shape index (κ1) is 20.3. The van der Waals surface area contributed by atoms with E-state index in [4.69, 9.17) is 11.6 Å². The minimum Gasteiger partial charge on any atom is -0.295 e. The lowest BCUT2D eigenvalue weighted by molar-refractivity contribution is 1.03. The van der Waals surface area contributed by atoms with Crippen molar-refractivity contribution in [1.82, 2.24) is 9.13 Å². The molecule has 0 aliphatic carbocycles. The summed E-state index contributed by atoms with van der Waals surface area (Å²) < 4.78 is 4.90. The molecule has 36 heavy (non-hydrogen) atoms. The summed E-state index contributed by atoms with van der Waals surface area (Å²) in [6, 6.07) is 41.1. The van der Waals surface area contributed by atoms with Crippen LogP contribution in [0.15, 0.2) is 125 Å². The predicted molar refractivity (Wildman–Crippen MR) is 152 cm³/mol. The minimum absolute atomic E-state index is 0.752. The fourth-order valence-electron chi connectivity index (χ4n) is 5.64. The Morgan fingerprint density at radius 3 is 2.19 bits per heavy atom. The summed E-state index contributed by atoms with van der Waals surface area (Å²) in [6.45, 7) is 0. The van der Waals surface area contributed by atoms with Crippen LogP contribution in [0, 0.1) is 0 Å². The zero-order valence-electron chi connectivity index (χ0n) is 19.2. The fraction of sp³-hybridized carbons (Fsp3) is 0. The maximum Gasteiger partial charge on any atom is 0.131 e. The second-order valence-electron chi connectivity index (χ2n) is 9.17. The Bertz CT molecular complexity index is 1960. The van der Waals surface area contributed by atoms with E-state index in [0.29, 0.717) is 0 Å². The van der Waals surface area contributed by atoms with Gasteiger partial charge in [-0.15, -0.1) is 0 Å². The van der Waals surface area contributed by atoms with Crippen molar-refractivity contribution in [3.05, 3.63) is 120 Å². The van der Waals surface area contributed by atoms with E-state index in [-0.39, 0.29) is 0 Å². The van der Waals surface area contributed by atoms with Gasteiger partial charge >= 0.3 is 0 Å². The van der Waals surface area contributed by atoms with Crippen LogP contribution in [0.1, 0.15) is 0 Å². The Morgan fingerprint density at radius 2 is 1.33 bits per heavy atom. The van der Waals surface area contributed by atoms with E-state index in [0.717, 1.165) is 16.3 Å². The maximum absolute atomic E-state index is 6.18. The van der Waals surface area contributed by atoms with Crippen molar-refractivity contribution >= 4 is 56.2 Å². The normalized spacial score (nSPS) is 12.5. The number of hydrogen-bond donors (Lipinski definition) is 0. The van der Waals surface area contributed by atoms with E-state index in [1.54, 1.807) is 0 Å². The highest BCUT2D eigenvalue weighted by Crippen LogP contribution is 2.50. The quantitative estimate of drug-likeness (QED) is 0.230. The largest absolute Gasteiger partial charge is 0.295 e. The monoisotopic (exact) mass is 498 g/mol. The Labute approximate surface area is 217 Å². The molecule has 8 rings (SSSR count). The van der Waals surface area contributed by atoms with Crippen LogP contribution in [0.2, 0.25) is 5.02 Å². The van der Waals surface area contributed by atoms with E-state index in [2.05, 4.69) is 112 Å². The van der Waals surface area contributed by atoms with Crippen LogP contribution in [0.4, 0.5) is 0 Å². The summed E-state index contributed by atoms with van der Waals surface area (Å²) in [5, 5.41) is 4.63. The van der Waals surface area contributed by atoms with E-state index >= 15 is 0 Å². The van der Waals surface area contributed by atoms with Crippen molar-refractivity contribution in [2.24, 2.45) is 0 Å². The van der Waals surface area contributed by atoms with Crippen molar-refractivity contribution in [1.29, 1.82) is 0 Å². The van der Waals surface area contributed by atoms with Gasteiger partial charge in [-0.05, 0) is 59.7 Å². The Kier molecular flexibility index (Phi) is 4.25. The van der Waals surface area contributed by atoms with Gasteiger partial charge in [-0.1, -0.05) is 90.1 Å². The molecule has 1 aliphatic rings. The highest BCUT2D eigenvalue weighted by molar-refractivity contribution is 7.99. The number of rotatable bonds is 2. The summed E-state index contributed by atoms with van der Waals surface area (Å²) in [5.74, 6) is 0. The Morgan fingerprint density at radius 1 is 0.583 bits per heavy atom. The third-order valence-corrected chi connectivity index (χ3v) is 8.53. The van der Waals surface area contributed by atoms with Crippen LogP contribution >= 0.6 is 23.4 Å². The van der Waals surface area contributed by atoms with Gasteiger partial charge in [0.05, 0.1) is 16.7 Å². The molecule has 0 spiro atoms. The highest BCUT2D eigenvalue weighted by Gasteiger charge is 2.27. The van der Waals surface area contributed by atoms with Gasteiger partial charge in [-0.3, -0.25) is 9.13 Å². The summed E-state index contributed by atoms with van der Waals surface area (Å²) in [7, 11) is 0. The first-order chi connectivity index (χ1) is 17.8. The van der Waals surface area contributed by atoms with Gasteiger partial charge < -0.3 is 0 Å². The Balaban J connectivity index is 1.55. The van der Waals surface area contributed by atoms with Crippen molar-refractivity contribution in [2.45, 2.75) is 9.79 Å². The average molecular weight is 499 g/mol. The smallest absolute Gasteiger partial charge is 0.131 e. The summed E-state index contributed by atoms with van der Waals surface area (Å²) in [5.41, 5.74) is 8.43. The molecule has 0 amide bonds. The average Bonchev–Trinajstić information content (AvgIpc) is 3.44. The first-order valence-corrected chi connectivity index (χ1v) is 13.2. The van der Waals surface area contributed by atoms with E-state index in [9.17, 15) is 0 Å². The Hall–Kier alpha value is -3.92. The molecule has 0 radical (unpaired) electrons. The van der Waals surface area contributed by atoms with Crippen LogP contribution < -0.4 is 0 Å². The maximum atomic E-state index is 6.18. The lowest BCUT2D eigenvalue weighted by Crippen LogP contribution is -2.06. The van der Waals surface area contributed by atoms with Gasteiger partial charge in [0.25, 0.3) is 0 Å². The number of para-hydroxylation sites is 3. The third-order valence-electron chi connectivity index (χ3n) is 7.17. The van der Waals surface area contributed by atoms with Crippen molar-refractivity contribution in [3.63, 3.8) is 0 Å². The molecule has 5 aromatic carbocycles. The molecular weight excluding hydrogens is 480 g/mol. The van der Waals surface area contributed by atoms with E-state index < -0.39 is 0 Å².